The molecule has 1 amide bonds. The largest absolute Gasteiger partial charge is 0.457 e. The quantitative estimate of drug-likeness (QED) is 0.261. The van der Waals surface area contributed by atoms with E-state index in [1.54, 1.807) is 17.0 Å². The zero-order valence-corrected chi connectivity index (χ0v) is 19.3. The molecule has 0 fully saturated rings. The van der Waals surface area contributed by atoms with Gasteiger partial charge in [0.15, 0.2) is 5.82 Å². The number of rotatable bonds is 11. The standard InChI is InChI=1S/C26H29N5O4/c27-12-11-26(17-32,18-33)16-29-23(34)15-31-13-10-20-14-28-24(30-25(20)31)19-6-8-22(9-7-19)35-21-4-2-1-3-5-21/h1-10,13-14,32-33H,11-12,15-18,27H2,(H,29,34). The number of amides is 1. The van der Waals surface area contributed by atoms with Crippen molar-refractivity contribution in [3.05, 3.63) is 73.1 Å². The van der Waals surface area contributed by atoms with Crippen LogP contribution in [-0.2, 0) is 11.3 Å². The molecule has 2 aromatic carbocycles. The third-order valence-electron chi connectivity index (χ3n) is 5.91. The molecule has 0 spiro atoms. The number of nitrogens with two attached hydrogens (primary N) is 1. The second-order valence-corrected chi connectivity index (χ2v) is 8.49. The highest BCUT2D eigenvalue weighted by Crippen LogP contribution is 2.25. The number of para-hydroxylation sites is 1. The minimum atomic E-state index is -0.838. The summed E-state index contributed by atoms with van der Waals surface area (Å²) >= 11 is 0. The van der Waals surface area contributed by atoms with Crippen molar-refractivity contribution in [2.24, 2.45) is 11.1 Å². The Kier molecular flexibility index (Phi) is 7.71. The Labute approximate surface area is 203 Å². The third kappa shape index (κ3) is 5.83. The summed E-state index contributed by atoms with van der Waals surface area (Å²) in [4.78, 5) is 21.7. The average molecular weight is 476 g/mol. The van der Waals surface area contributed by atoms with Crippen molar-refractivity contribution < 1.29 is 19.7 Å². The third-order valence-corrected chi connectivity index (χ3v) is 5.91. The molecule has 2 aromatic heterocycles. The molecule has 0 saturated carbocycles. The van der Waals surface area contributed by atoms with E-state index in [1.165, 1.54) is 0 Å². The molecular formula is C26H29N5O4. The van der Waals surface area contributed by atoms with Crippen LogP contribution in [0.4, 0.5) is 0 Å². The maximum Gasteiger partial charge on any atom is 0.240 e. The smallest absolute Gasteiger partial charge is 0.240 e. The Morgan fingerprint density at radius 2 is 1.74 bits per heavy atom. The van der Waals surface area contributed by atoms with Crippen LogP contribution in [0.1, 0.15) is 6.42 Å². The fourth-order valence-corrected chi connectivity index (χ4v) is 3.75. The van der Waals surface area contributed by atoms with Crippen molar-refractivity contribution in [2.45, 2.75) is 13.0 Å². The molecule has 0 radical (unpaired) electrons. The zero-order chi connectivity index (χ0) is 24.7. The van der Waals surface area contributed by atoms with Gasteiger partial charge < -0.3 is 30.6 Å². The fourth-order valence-electron chi connectivity index (χ4n) is 3.75. The molecule has 9 nitrogen and oxygen atoms in total. The zero-order valence-electron chi connectivity index (χ0n) is 19.3. The number of carbonyl (C=O) groups is 1. The first-order chi connectivity index (χ1) is 17.1. The first kappa shape index (κ1) is 24.3. The van der Waals surface area contributed by atoms with Gasteiger partial charge in [0.2, 0.25) is 5.91 Å². The monoisotopic (exact) mass is 475 g/mol. The Morgan fingerprint density at radius 3 is 2.43 bits per heavy atom. The Balaban J connectivity index is 1.46. The van der Waals surface area contributed by atoms with Gasteiger partial charge in [-0.1, -0.05) is 18.2 Å². The summed E-state index contributed by atoms with van der Waals surface area (Å²) in [6.07, 6.45) is 3.91. The van der Waals surface area contributed by atoms with Crippen molar-refractivity contribution >= 4 is 16.9 Å². The molecule has 4 aromatic rings. The highest BCUT2D eigenvalue weighted by atomic mass is 16.5. The van der Waals surface area contributed by atoms with Crippen molar-refractivity contribution in [1.29, 1.82) is 0 Å². The van der Waals surface area contributed by atoms with Crippen LogP contribution < -0.4 is 15.8 Å². The van der Waals surface area contributed by atoms with E-state index >= 15 is 0 Å². The van der Waals surface area contributed by atoms with Gasteiger partial charge in [-0.15, -0.1) is 0 Å². The lowest BCUT2D eigenvalue weighted by Gasteiger charge is -2.29. The normalized spacial score (nSPS) is 11.5. The lowest BCUT2D eigenvalue weighted by Crippen LogP contribution is -2.44. The number of hydrogen-bond acceptors (Lipinski definition) is 7. The SMILES string of the molecule is NCCC(CO)(CO)CNC(=O)Cn1ccc2cnc(-c3ccc(Oc4ccccc4)cc3)nc21. The van der Waals surface area contributed by atoms with Gasteiger partial charge in [0.25, 0.3) is 0 Å². The molecule has 5 N–H and O–H groups in total. The number of fused-ring (bicyclic) bond motifs is 1. The van der Waals surface area contributed by atoms with Crippen LogP contribution in [0.15, 0.2) is 73.1 Å². The molecule has 0 atom stereocenters. The minimum absolute atomic E-state index is 0.0410. The van der Waals surface area contributed by atoms with E-state index < -0.39 is 5.41 Å². The van der Waals surface area contributed by atoms with Gasteiger partial charge in [-0.25, -0.2) is 9.97 Å². The van der Waals surface area contributed by atoms with Gasteiger partial charge in [-0.2, -0.15) is 0 Å². The number of nitrogens with one attached hydrogen (secondary N) is 1. The number of aliphatic hydroxyl groups is 2. The average Bonchev–Trinajstić information content (AvgIpc) is 3.29. The molecule has 35 heavy (non-hydrogen) atoms. The lowest BCUT2D eigenvalue weighted by atomic mass is 9.86. The predicted molar refractivity (Wildman–Crippen MR) is 133 cm³/mol. The van der Waals surface area contributed by atoms with Gasteiger partial charge in [-0.3, -0.25) is 4.79 Å². The van der Waals surface area contributed by atoms with Gasteiger partial charge in [0.05, 0.1) is 13.2 Å². The molecule has 0 saturated heterocycles. The maximum atomic E-state index is 12.6. The lowest BCUT2D eigenvalue weighted by molar-refractivity contribution is -0.122. The van der Waals surface area contributed by atoms with Crippen LogP contribution >= 0.6 is 0 Å². The number of carbonyl (C=O) groups excluding carboxylic acids is 1. The van der Waals surface area contributed by atoms with E-state index in [4.69, 9.17) is 10.5 Å². The van der Waals surface area contributed by atoms with E-state index in [2.05, 4.69) is 15.3 Å². The van der Waals surface area contributed by atoms with E-state index in [0.717, 1.165) is 16.7 Å². The van der Waals surface area contributed by atoms with Crippen LogP contribution in [0.2, 0.25) is 0 Å². The number of hydrogen-bond donors (Lipinski definition) is 4. The highest BCUT2D eigenvalue weighted by molar-refractivity contribution is 5.81. The summed E-state index contributed by atoms with van der Waals surface area (Å²) in [6.45, 7) is -0.0527. The number of aliphatic hydroxyl groups excluding tert-OH is 2. The fraction of sp³-hybridized carbons (Fsp3) is 0.269. The maximum absolute atomic E-state index is 12.6. The first-order valence-corrected chi connectivity index (χ1v) is 11.4. The van der Waals surface area contributed by atoms with Gasteiger partial charge in [0.1, 0.15) is 23.7 Å². The summed E-state index contributed by atoms with van der Waals surface area (Å²) in [5.41, 5.74) is 6.20. The number of benzene rings is 2. The predicted octanol–water partition coefficient (Wildman–Crippen LogP) is 2.33. The van der Waals surface area contributed by atoms with Crippen molar-refractivity contribution in [3.8, 4) is 22.9 Å². The summed E-state index contributed by atoms with van der Waals surface area (Å²) < 4.78 is 7.58. The van der Waals surface area contributed by atoms with Gasteiger partial charge in [0, 0.05) is 35.3 Å². The molecule has 0 aliphatic heterocycles. The summed E-state index contributed by atoms with van der Waals surface area (Å²) in [6, 6.07) is 18.9. The molecule has 9 heteroatoms. The number of aromatic nitrogens is 3. The van der Waals surface area contributed by atoms with Crippen LogP contribution in [0.25, 0.3) is 22.4 Å². The Hall–Kier alpha value is -3.79. The van der Waals surface area contributed by atoms with Crippen molar-refractivity contribution in [3.63, 3.8) is 0 Å². The van der Waals surface area contributed by atoms with Gasteiger partial charge >= 0.3 is 0 Å². The summed E-state index contributed by atoms with van der Waals surface area (Å²) in [5, 5.41) is 22.9. The van der Waals surface area contributed by atoms with Gasteiger partial charge in [-0.05, 0) is 55.4 Å². The molecule has 4 rings (SSSR count). The van der Waals surface area contributed by atoms with Crippen LogP contribution in [0.3, 0.4) is 0 Å². The van der Waals surface area contributed by atoms with Crippen molar-refractivity contribution in [1.82, 2.24) is 19.9 Å². The van der Waals surface area contributed by atoms with E-state index in [1.807, 2.05) is 60.7 Å². The second kappa shape index (κ2) is 11.1. The number of ether oxygens (including phenoxy) is 1. The molecule has 182 valence electrons. The van der Waals surface area contributed by atoms with Crippen LogP contribution in [-0.4, -0.2) is 57.0 Å². The minimum Gasteiger partial charge on any atom is -0.457 e. The number of nitrogens with zero attached hydrogens (tertiary/aromatic N) is 3. The summed E-state index contributed by atoms with van der Waals surface area (Å²) in [5.74, 6) is 1.74. The van der Waals surface area contributed by atoms with Crippen LogP contribution in [0.5, 0.6) is 11.5 Å². The van der Waals surface area contributed by atoms with E-state index in [-0.39, 0.29) is 32.2 Å². The molecule has 0 aliphatic carbocycles. The second-order valence-electron chi connectivity index (χ2n) is 8.49. The molecule has 0 unspecified atom stereocenters. The van der Waals surface area contributed by atoms with E-state index in [9.17, 15) is 15.0 Å². The molecule has 0 aliphatic rings. The first-order valence-electron chi connectivity index (χ1n) is 11.4. The highest BCUT2D eigenvalue weighted by Gasteiger charge is 2.28. The Morgan fingerprint density at radius 1 is 1.03 bits per heavy atom. The molecular weight excluding hydrogens is 446 g/mol. The Bertz CT molecular complexity index is 1250. The van der Waals surface area contributed by atoms with Crippen molar-refractivity contribution in [2.75, 3.05) is 26.3 Å². The molecule has 2 heterocycles. The topological polar surface area (TPSA) is 136 Å². The molecule has 0 bridgehead atoms. The van der Waals surface area contributed by atoms with Crippen LogP contribution in [0, 0.1) is 5.41 Å². The summed E-state index contributed by atoms with van der Waals surface area (Å²) in [7, 11) is 0. The van der Waals surface area contributed by atoms with E-state index in [0.29, 0.717) is 30.2 Å².